The summed E-state index contributed by atoms with van der Waals surface area (Å²) in [4.78, 5) is 25.2. The zero-order valence-corrected chi connectivity index (χ0v) is 14.7. The molecule has 0 heterocycles. The lowest BCUT2D eigenvalue weighted by atomic mass is 10.2. The van der Waals surface area contributed by atoms with Crippen molar-refractivity contribution in [3.05, 3.63) is 64.7 Å². The van der Waals surface area contributed by atoms with Gasteiger partial charge in [0, 0.05) is 23.7 Å². The number of halogens is 3. The second kappa shape index (κ2) is 9.15. The fourth-order valence-electron chi connectivity index (χ4n) is 2.06. The van der Waals surface area contributed by atoms with Crippen LogP contribution >= 0.6 is 11.6 Å². The van der Waals surface area contributed by atoms with Gasteiger partial charge in [-0.2, -0.15) is 0 Å². The molecule has 0 unspecified atom stereocenters. The smallest absolute Gasteiger partial charge is 0.251 e. The van der Waals surface area contributed by atoms with Crippen LogP contribution in [0, 0.1) is 11.6 Å². The summed E-state index contributed by atoms with van der Waals surface area (Å²) >= 11 is 5.85. The number of amides is 2. The third-order valence-electron chi connectivity index (χ3n) is 3.44. The van der Waals surface area contributed by atoms with Crippen LogP contribution in [-0.4, -0.2) is 43.5 Å². The average Bonchev–Trinajstić information content (AvgIpc) is 2.58. The van der Waals surface area contributed by atoms with E-state index in [4.69, 9.17) is 16.3 Å². The predicted molar refractivity (Wildman–Crippen MR) is 93.3 cm³/mol. The van der Waals surface area contributed by atoms with Crippen LogP contribution in [0.1, 0.15) is 10.4 Å². The lowest BCUT2D eigenvalue weighted by molar-refractivity contribution is -0.129. The first-order chi connectivity index (χ1) is 12.3. The van der Waals surface area contributed by atoms with E-state index in [2.05, 4.69) is 5.32 Å². The van der Waals surface area contributed by atoms with E-state index in [1.54, 1.807) is 31.3 Å². The van der Waals surface area contributed by atoms with Gasteiger partial charge >= 0.3 is 0 Å². The monoisotopic (exact) mass is 382 g/mol. The highest BCUT2D eigenvalue weighted by Gasteiger charge is 2.13. The van der Waals surface area contributed by atoms with E-state index in [0.717, 1.165) is 12.1 Å². The second-order valence-corrected chi connectivity index (χ2v) is 5.90. The summed E-state index contributed by atoms with van der Waals surface area (Å²) in [5, 5.41) is 2.87. The molecular formula is C18H17ClF2N2O3. The Hall–Kier alpha value is -2.67. The maximum atomic E-state index is 13.1. The summed E-state index contributed by atoms with van der Waals surface area (Å²) in [5.74, 6) is -2.25. The lowest BCUT2D eigenvalue weighted by Gasteiger charge is -2.18. The van der Waals surface area contributed by atoms with Crippen molar-refractivity contribution in [1.29, 1.82) is 0 Å². The third-order valence-corrected chi connectivity index (χ3v) is 3.68. The molecule has 2 amide bonds. The summed E-state index contributed by atoms with van der Waals surface area (Å²) in [6.45, 7) is 0.228. The second-order valence-electron chi connectivity index (χ2n) is 5.46. The van der Waals surface area contributed by atoms with Crippen LogP contribution in [0.25, 0.3) is 0 Å². The standard InChI is InChI=1S/C18H17ClF2N2O3/c1-23(5-6-26-16-4-2-3-13(19)9-16)17(24)11-22-18(25)12-7-14(20)10-15(21)8-12/h2-4,7-10H,5-6,11H2,1H3,(H,22,25). The zero-order valence-electron chi connectivity index (χ0n) is 14.0. The molecule has 0 saturated heterocycles. The molecule has 1 N–H and O–H groups in total. The summed E-state index contributed by atoms with van der Waals surface area (Å²) in [6, 6.07) is 9.31. The number of hydrogen-bond donors (Lipinski definition) is 1. The molecule has 2 aromatic carbocycles. The van der Waals surface area contributed by atoms with E-state index in [1.165, 1.54) is 4.90 Å². The molecule has 2 aromatic rings. The van der Waals surface area contributed by atoms with Crippen molar-refractivity contribution < 1.29 is 23.1 Å². The van der Waals surface area contributed by atoms with Gasteiger partial charge in [-0.25, -0.2) is 8.78 Å². The summed E-state index contributed by atoms with van der Waals surface area (Å²) in [5.41, 5.74) is -0.192. The molecular weight excluding hydrogens is 366 g/mol. The van der Waals surface area contributed by atoms with E-state index in [1.807, 2.05) is 0 Å². The van der Waals surface area contributed by atoms with Crippen LogP contribution in [0.5, 0.6) is 5.75 Å². The number of hydrogen-bond acceptors (Lipinski definition) is 3. The molecule has 26 heavy (non-hydrogen) atoms. The number of benzene rings is 2. The molecule has 0 atom stereocenters. The van der Waals surface area contributed by atoms with Crippen LogP contribution in [0.4, 0.5) is 8.78 Å². The van der Waals surface area contributed by atoms with E-state index in [9.17, 15) is 18.4 Å². The Kier molecular flexibility index (Phi) is 6.91. The van der Waals surface area contributed by atoms with Crippen LogP contribution in [0.3, 0.4) is 0 Å². The number of likely N-dealkylation sites (N-methyl/N-ethyl adjacent to an activating group) is 1. The van der Waals surface area contributed by atoms with E-state index < -0.39 is 17.5 Å². The third kappa shape index (κ3) is 6.00. The first-order valence-corrected chi connectivity index (χ1v) is 8.09. The van der Waals surface area contributed by atoms with Crippen LogP contribution in [0.15, 0.2) is 42.5 Å². The number of carbonyl (C=O) groups is 2. The Morgan fingerprint density at radius 1 is 1.15 bits per heavy atom. The van der Waals surface area contributed by atoms with E-state index in [0.29, 0.717) is 16.8 Å². The van der Waals surface area contributed by atoms with Crippen molar-refractivity contribution in [3.63, 3.8) is 0 Å². The lowest BCUT2D eigenvalue weighted by Crippen LogP contribution is -2.39. The van der Waals surface area contributed by atoms with Crippen LogP contribution in [0.2, 0.25) is 5.02 Å². The van der Waals surface area contributed by atoms with Crippen molar-refractivity contribution in [2.45, 2.75) is 0 Å². The molecule has 2 rings (SSSR count). The molecule has 0 aliphatic heterocycles. The van der Waals surface area contributed by atoms with Crippen molar-refractivity contribution >= 4 is 23.4 Å². The van der Waals surface area contributed by atoms with Gasteiger partial charge < -0.3 is 15.0 Å². The molecule has 8 heteroatoms. The molecule has 138 valence electrons. The first-order valence-electron chi connectivity index (χ1n) is 7.72. The predicted octanol–water partition coefficient (Wildman–Crippen LogP) is 2.89. The van der Waals surface area contributed by atoms with Gasteiger partial charge in [-0.05, 0) is 30.3 Å². The normalized spacial score (nSPS) is 10.3. The van der Waals surface area contributed by atoms with Gasteiger partial charge in [0.2, 0.25) is 5.91 Å². The molecule has 0 bridgehead atoms. The number of ether oxygens (including phenoxy) is 1. The Balaban J connectivity index is 1.76. The quantitative estimate of drug-likeness (QED) is 0.801. The molecule has 5 nitrogen and oxygen atoms in total. The number of rotatable bonds is 7. The van der Waals surface area contributed by atoms with Gasteiger partial charge in [-0.15, -0.1) is 0 Å². The Morgan fingerprint density at radius 3 is 2.50 bits per heavy atom. The Morgan fingerprint density at radius 2 is 1.85 bits per heavy atom. The van der Waals surface area contributed by atoms with Crippen molar-refractivity contribution in [2.75, 3.05) is 26.7 Å². The Labute approximate surface area is 154 Å². The summed E-state index contributed by atoms with van der Waals surface area (Å²) in [6.07, 6.45) is 0. The summed E-state index contributed by atoms with van der Waals surface area (Å²) in [7, 11) is 1.55. The van der Waals surface area contributed by atoms with Crippen LogP contribution < -0.4 is 10.1 Å². The van der Waals surface area contributed by atoms with Crippen molar-refractivity contribution in [3.8, 4) is 5.75 Å². The summed E-state index contributed by atoms with van der Waals surface area (Å²) < 4.78 is 31.7. The molecule has 0 aliphatic rings. The molecule has 0 aromatic heterocycles. The van der Waals surface area contributed by atoms with E-state index in [-0.39, 0.29) is 31.2 Å². The Bertz CT molecular complexity index is 782. The minimum Gasteiger partial charge on any atom is -0.492 e. The van der Waals surface area contributed by atoms with Gasteiger partial charge in [-0.1, -0.05) is 17.7 Å². The SMILES string of the molecule is CN(CCOc1cccc(Cl)c1)C(=O)CNC(=O)c1cc(F)cc(F)c1. The highest BCUT2D eigenvalue weighted by atomic mass is 35.5. The molecule has 0 radical (unpaired) electrons. The topological polar surface area (TPSA) is 58.6 Å². The van der Waals surface area contributed by atoms with Gasteiger partial charge in [0.05, 0.1) is 13.1 Å². The molecule has 0 fully saturated rings. The van der Waals surface area contributed by atoms with Gasteiger partial charge in [0.15, 0.2) is 0 Å². The van der Waals surface area contributed by atoms with Crippen LogP contribution in [-0.2, 0) is 4.79 Å². The number of nitrogens with zero attached hydrogens (tertiary/aromatic N) is 1. The molecule has 0 spiro atoms. The van der Waals surface area contributed by atoms with Crippen molar-refractivity contribution in [2.24, 2.45) is 0 Å². The largest absolute Gasteiger partial charge is 0.492 e. The highest BCUT2D eigenvalue weighted by molar-refractivity contribution is 6.30. The maximum Gasteiger partial charge on any atom is 0.251 e. The van der Waals surface area contributed by atoms with Gasteiger partial charge in [0.25, 0.3) is 5.91 Å². The number of nitrogens with one attached hydrogen (secondary N) is 1. The minimum absolute atomic E-state index is 0.192. The zero-order chi connectivity index (χ0) is 19.1. The molecule has 0 aliphatic carbocycles. The maximum absolute atomic E-state index is 13.1. The average molecular weight is 383 g/mol. The fourth-order valence-corrected chi connectivity index (χ4v) is 2.24. The van der Waals surface area contributed by atoms with Gasteiger partial charge in [0.1, 0.15) is 24.0 Å². The van der Waals surface area contributed by atoms with E-state index >= 15 is 0 Å². The van der Waals surface area contributed by atoms with Gasteiger partial charge in [-0.3, -0.25) is 9.59 Å². The fraction of sp³-hybridized carbons (Fsp3) is 0.222. The highest BCUT2D eigenvalue weighted by Crippen LogP contribution is 2.16. The number of carbonyl (C=O) groups excluding carboxylic acids is 2. The molecule has 0 saturated carbocycles. The minimum atomic E-state index is -0.864. The first kappa shape index (κ1) is 19.7. The van der Waals surface area contributed by atoms with Crippen molar-refractivity contribution in [1.82, 2.24) is 10.2 Å².